The minimum Gasteiger partial charge on any atom is -0.269 e. The number of rotatable bonds is 6. The first kappa shape index (κ1) is 17.7. The lowest BCUT2D eigenvalue weighted by Crippen LogP contribution is -2.26. The summed E-state index contributed by atoms with van der Waals surface area (Å²) in [5.41, 5.74) is 2.18. The average molecular weight is 335 g/mol. The average Bonchev–Trinajstić information content (AvgIpc) is 2.97. The maximum absolute atomic E-state index is 12.5. The van der Waals surface area contributed by atoms with Gasteiger partial charge in [0.1, 0.15) is 4.90 Å². The third-order valence-electron chi connectivity index (χ3n) is 3.85. The maximum Gasteiger partial charge on any atom is 0.244 e. The van der Waals surface area contributed by atoms with Gasteiger partial charge in [-0.1, -0.05) is 38.1 Å². The van der Waals surface area contributed by atoms with Gasteiger partial charge in [0.05, 0.1) is 6.20 Å². The molecule has 2 aromatic rings. The largest absolute Gasteiger partial charge is 0.269 e. The van der Waals surface area contributed by atoms with E-state index in [9.17, 15) is 8.42 Å². The summed E-state index contributed by atoms with van der Waals surface area (Å²) in [6.07, 6.45) is 2.94. The Morgan fingerprint density at radius 3 is 2.04 bits per heavy atom. The van der Waals surface area contributed by atoms with Crippen LogP contribution < -0.4 is 4.72 Å². The van der Waals surface area contributed by atoms with E-state index in [2.05, 4.69) is 23.7 Å². The van der Waals surface area contributed by atoms with E-state index in [1.807, 2.05) is 45.0 Å². The minimum absolute atomic E-state index is 0.125. The van der Waals surface area contributed by atoms with Gasteiger partial charge in [-0.25, -0.2) is 13.1 Å². The molecule has 0 spiro atoms. The van der Waals surface area contributed by atoms with Crippen molar-refractivity contribution in [3.8, 4) is 0 Å². The molecular formula is C17H25N3O2S. The molecule has 0 saturated heterocycles. The van der Waals surface area contributed by atoms with Crippen molar-refractivity contribution in [1.29, 1.82) is 0 Å². The molecule has 0 aliphatic heterocycles. The molecule has 0 aliphatic rings. The van der Waals surface area contributed by atoms with E-state index in [4.69, 9.17) is 0 Å². The van der Waals surface area contributed by atoms with Crippen molar-refractivity contribution in [3.05, 3.63) is 47.8 Å². The third-order valence-corrected chi connectivity index (χ3v) is 5.35. The van der Waals surface area contributed by atoms with E-state index in [0.29, 0.717) is 5.92 Å². The normalized spacial score (nSPS) is 13.7. The molecule has 0 radical (unpaired) electrons. The predicted octanol–water partition coefficient (Wildman–Crippen LogP) is 3.63. The fraction of sp³-hybridized carbons (Fsp3) is 0.471. The molecule has 0 fully saturated rings. The van der Waals surface area contributed by atoms with Crippen LogP contribution in [-0.2, 0) is 10.0 Å². The molecule has 0 saturated carbocycles. The fourth-order valence-electron chi connectivity index (χ4n) is 2.28. The highest BCUT2D eigenvalue weighted by molar-refractivity contribution is 7.89. The first-order valence-corrected chi connectivity index (χ1v) is 9.35. The molecule has 1 aromatic carbocycles. The Bertz CT molecular complexity index is 746. The van der Waals surface area contributed by atoms with Gasteiger partial charge in [-0.15, -0.1) is 0 Å². The van der Waals surface area contributed by atoms with Crippen LogP contribution >= 0.6 is 0 Å². The summed E-state index contributed by atoms with van der Waals surface area (Å²) < 4.78 is 29.3. The molecule has 1 heterocycles. The number of nitrogens with one attached hydrogen (secondary N) is 1. The zero-order valence-corrected chi connectivity index (χ0v) is 15.1. The highest BCUT2D eigenvalue weighted by Gasteiger charge is 2.20. The van der Waals surface area contributed by atoms with Crippen molar-refractivity contribution in [1.82, 2.24) is 14.5 Å². The van der Waals surface area contributed by atoms with Gasteiger partial charge in [-0.05, 0) is 37.8 Å². The molecule has 1 atom stereocenters. The number of aromatic nitrogens is 2. The van der Waals surface area contributed by atoms with Gasteiger partial charge in [0.2, 0.25) is 10.0 Å². The van der Waals surface area contributed by atoms with Gasteiger partial charge in [0, 0.05) is 18.3 Å². The Morgan fingerprint density at radius 1 is 1.00 bits per heavy atom. The lowest BCUT2D eigenvalue weighted by Gasteiger charge is -2.15. The van der Waals surface area contributed by atoms with Crippen LogP contribution in [0.4, 0.5) is 0 Å². The second kappa shape index (κ2) is 6.84. The van der Waals surface area contributed by atoms with Crippen LogP contribution in [0.15, 0.2) is 41.6 Å². The molecule has 5 nitrogen and oxygen atoms in total. The smallest absolute Gasteiger partial charge is 0.244 e. The van der Waals surface area contributed by atoms with Crippen LogP contribution in [0.3, 0.4) is 0 Å². The van der Waals surface area contributed by atoms with E-state index < -0.39 is 10.0 Å². The zero-order chi connectivity index (χ0) is 17.2. The van der Waals surface area contributed by atoms with E-state index >= 15 is 0 Å². The van der Waals surface area contributed by atoms with Gasteiger partial charge in [0.15, 0.2) is 0 Å². The van der Waals surface area contributed by atoms with E-state index in [-0.39, 0.29) is 17.0 Å². The molecule has 1 N–H and O–H groups in total. The van der Waals surface area contributed by atoms with Crippen LogP contribution in [0, 0.1) is 0 Å². The lowest BCUT2D eigenvalue weighted by atomic mass is 10.00. The Morgan fingerprint density at radius 2 is 1.57 bits per heavy atom. The Hall–Kier alpha value is -1.66. The van der Waals surface area contributed by atoms with Crippen molar-refractivity contribution in [2.75, 3.05) is 0 Å². The molecule has 6 heteroatoms. The summed E-state index contributed by atoms with van der Waals surface area (Å²) in [7, 11) is -3.58. The van der Waals surface area contributed by atoms with E-state index in [0.717, 1.165) is 5.56 Å². The predicted molar refractivity (Wildman–Crippen MR) is 91.9 cm³/mol. The summed E-state index contributed by atoms with van der Waals surface area (Å²) >= 11 is 0. The summed E-state index contributed by atoms with van der Waals surface area (Å²) in [5.74, 6) is 0.456. The first-order valence-electron chi connectivity index (χ1n) is 7.87. The Labute approximate surface area is 138 Å². The standard InChI is InChI=1S/C17H25N3O2S/c1-12(2)15-6-8-16(9-7-15)14(5)19-23(21,22)17-10-18-20(11-17)13(3)4/h6-14,19H,1-5H3. The van der Waals surface area contributed by atoms with Crippen LogP contribution in [0.25, 0.3) is 0 Å². The number of nitrogens with zero attached hydrogens (tertiary/aromatic N) is 2. The van der Waals surface area contributed by atoms with Gasteiger partial charge in [0.25, 0.3) is 0 Å². The van der Waals surface area contributed by atoms with Crippen LogP contribution in [0.2, 0.25) is 0 Å². The minimum atomic E-state index is -3.58. The number of hydrogen-bond donors (Lipinski definition) is 1. The van der Waals surface area contributed by atoms with Crippen molar-refractivity contribution in [3.63, 3.8) is 0 Å². The van der Waals surface area contributed by atoms with Gasteiger partial charge < -0.3 is 0 Å². The van der Waals surface area contributed by atoms with Gasteiger partial charge in [-0.2, -0.15) is 5.10 Å². The SMILES string of the molecule is CC(C)c1ccc(C(C)NS(=O)(=O)c2cnn(C(C)C)c2)cc1. The third kappa shape index (κ3) is 4.20. The van der Waals surface area contributed by atoms with Crippen molar-refractivity contribution >= 4 is 10.0 Å². The van der Waals surface area contributed by atoms with Gasteiger partial charge >= 0.3 is 0 Å². The van der Waals surface area contributed by atoms with Crippen molar-refractivity contribution < 1.29 is 8.42 Å². The van der Waals surface area contributed by atoms with Crippen molar-refractivity contribution in [2.24, 2.45) is 0 Å². The van der Waals surface area contributed by atoms with Crippen LogP contribution in [0.1, 0.15) is 63.7 Å². The lowest BCUT2D eigenvalue weighted by molar-refractivity contribution is 0.530. The molecule has 126 valence electrons. The summed E-state index contributed by atoms with van der Waals surface area (Å²) in [6, 6.07) is 7.85. The summed E-state index contributed by atoms with van der Waals surface area (Å²) in [5, 5.41) is 4.09. The Balaban J connectivity index is 2.15. The molecule has 0 aliphatic carbocycles. The fourth-order valence-corrected chi connectivity index (χ4v) is 3.45. The molecule has 23 heavy (non-hydrogen) atoms. The number of hydrogen-bond acceptors (Lipinski definition) is 3. The van der Waals surface area contributed by atoms with Crippen LogP contribution in [0.5, 0.6) is 0 Å². The second-order valence-corrected chi connectivity index (χ2v) is 8.13. The van der Waals surface area contributed by atoms with Gasteiger partial charge in [-0.3, -0.25) is 4.68 Å². The molecule has 0 bridgehead atoms. The molecular weight excluding hydrogens is 310 g/mol. The maximum atomic E-state index is 12.5. The summed E-state index contributed by atoms with van der Waals surface area (Å²) in [4.78, 5) is 0.192. The highest BCUT2D eigenvalue weighted by Crippen LogP contribution is 2.20. The van der Waals surface area contributed by atoms with E-state index in [1.165, 1.54) is 11.8 Å². The Kier molecular flexibility index (Phi) is 5.26. The zero-order valence-electron chi connectivity index (χ0n) is 14.3. The number of sulfonamides is 1. The van der Waals surface area contributed by atoms with Crippen LogP contribution in [-0.4, -0.2) is 18.2 Å². The summed E-state index contributed by atoms with van der Waals surface area (Å²) in [6.45, 7) is 10.0. The molecule has 1 aromatic heterocycles. The highest BCUT2D eigenvalue weighted by atomic mass is 32.2. The monoisotopic (exact) mass is 335 g/mol. The molecule has 1 unspecified atom stereocenters. The first-order chi connectivity index (χ1) is 10.7. The molecule has 2 rings (SSSR count). The van der Waals surface area contributed by atoms with E-state index in [1.54, 1.807) is 10.9 Å². The molecule has 0 amide bonds. The second-order valence-electron chi connectivity index (χ2n) is 6.41. The number of benzene rings is 1. The topological polar surface area (TPSA) is 64.0 Å². The van der Waals surface area contributed by atoms with Crippen molar-refractivity contribution in [2.45, 2.75) is 57.5 Å². The quantitative estimate of drug-likeness (QED) is 0.877.